The lowest BCUT2D eigenvalue weighted by atomic mass is 9.93. The van der Waals surface area contributed by atoms with Gasteiger partial charge in [-0.15, -0.1) is 11.3 Å². The maximum atomic E-state index is 12.1. The number of carbonyl (C=O) groups is 1. The van der Waals surface area contributed by atoms with Crippen LogP contribution in [0.1, 0.15) is 31.4 Å². The van der Waals surface area contributed by atoms with Crippen molar-refractivity contribution in [2.75, 3.05) is 6.54 Å². The molecule has 1 aliphatic carbocycles. The number of thiophene rings is 1. The van der Waals surface area contributed by atoms with Gasteiger partial charge in [0, 0.05) is 12.2 Å². The molecule has 0 aromatic carbocycles. The molecular formula is C18H23N3O4S2. The van der Waals surface area contributed by atoms with E-state index in [1.54, 1.807) is 17.6 Å². The Hall–Kier alpha value is -1.97. The molecule has 1 amide bonds. The van der Waals surface area contributed by atoms with Crippen molar-refractivity contribution in [1.82, 2.24) is 15.0 Å². The number of ether oxygens (including phenoxy) is 1. The van der Waals surface area contributed by atoms with E-state index in [2.05, 4.69) is 15.0 Å². The molecule has 0 unspecified atom stereocenters. The van der Waals surface area contributed by atoms with Crippen LogP contribution in [0, 0.1) is 6.92 Å². The fraction of sp³-hybridized carbons (Fsp3) is 0.444. The van der Waals surface area contributed by atoms with Gasteiger partial charge in [0.15, 0.2) is 0 Å². The Morgan fingerprint density at radius 3 is 2.70 bits per heavy atom. The molecule has 1 aliphatic rings. The lowest BCUT2D eigenvalue weighted by Gasteiger charge is -2.29. The van der Waals surface area contributed by atoms with Crippen LogP contribution in [0.5, 0.6) is 5.75 Å². The highest BCUT2D eigenvalue weighted by molar-refractivity contribution is 7.91. The third-order valence-corrected chi connectivity index (χ3v) is 7.27. The Balaban J connectivity index is 1.41. The van der Waals surface area contributed by atoms with Gasteiger partial charge in [-0.3, -0.25) is 9.78 Å². The smallest absolute Gasteiger partial charge is 0.250 e. The summed E-state index contributed by atoms with van der Waals surface area (Å²) in [6.45, 7) is 1.66. The van der Waals surface area contributed by atoms with Gasteiger partial charge < -0.3 is 10.1 Å². The van der Waals surface area contributed by atoms with Crippen LogP contribution in [0.2, 0.25) is 0 Å². The molecule has 0 aliphatic heterocycles. The van der Waals surface area contributed by atoms with E-state index in [1.807, 2.05) is 19.1 Å². The number of carbonyl (C=O) groups excluding carboxylic acids is 1. The first-order valence-electron chi connectivity index (χ1n) is 8.85. The Morgan fingerprint density at radius 2 is 2.04 bits per heavy atom. The molecule has 0 spiro atoms. The summed E-state index contributed by atoms with van der Waals surface area (Å²) in [6, 6.07) is 6.98. The minimum Gasteiger partial charge on any atom is -0.489 e. The van der Waals surface area contributed by atoms with Crippen LogP contribution in [-0.4, -0.2) is 38.0 Å². The zero-order valence-corrected chi connectivity index (χ0v) is 16.7. The van der Waals surface area contributed by atoms with Gasteiger partial charge in [0.1, 0.15) is 9.96 Å². The number of pyridine rings is 1. The van der Waals surface area contributed by atoms with Gasteiger partial charge in [-0.25, -0.2) is 13.1 Å². The Bertz CT molecular complexity index is 860. The van der Waals surface area contributed by atoms with E-state index in [1.165, 1.54) is 6.07 Å². The minimum absolute atomic E-state index is 0.0404. The van der Waals surface area contributed by atoms with Gasteiger partial charge in [0.25, 0.3) is 10.0 Å². The predicted molar refractivity (Wildman–Crippen MR) is 103 cm³/mol. The van der Waals surface area contributed by atoms with E-state index in [0.29, 0.717) is 0 Å². The quantitative estimate of drug-likeness (QED) is 0.731. The van der Waals surface area contributed by atoms with Crippen LogP contribution in [0.25, 0.3) is 0 Å². The van der Waals surface area contributed by atoms with Crippen LogP contribution in [0.3, 0.4) is 0 Å². The molecule has 1 saturated carbocycles. The number of hydrogen-bond acceptors (Lipinski definition) is 6. The molecule has 27 heavy (non-hydrogen) atoms. The topological polar surface area (TPSA) is 97.4 Å². The fourth-order valence-corrected chi connectivity index (χ4v) is 5.05. The Morgan fingerprint density at radius 1 is 1.26 bits per heavy atom. The first kappa shape index (κ1) is 19.8. The van der Waals surface area contributed by atoms with Gasteiger partial charge in [-0.05, 0) is 56.2 Å². The van der Waals surface area contributed by atoms with Crippen LogP contribution in [0.15, 0.2) is 40.1 Å². The molecule has 2 aromatic rings. The molecule has 0 bridgehead atoms. The van der Waals surface area contributed by atoms with E-state index < -0.39 is 10.0 Å². The van der Waals surface area contributed by atoms with E-state index >= 15 is 0 Å². The van der Waals surface area contributed by atoms with Gasteiger partial charge in [0.05, 0.1) is 18.3 Å². The van der Waals surface area contributed by atoms with E-state index in [9.17, 15) is 13.2 Å². The Kier molecular flexibility index (Phi) is 6.46. The molecule has 9 heteroatoms. The van der Waals surface area contributed by atoms with Crippen LogP contribution in [0.4, 0.5) is 0 Å². The summed E-state index contributed by atoms with van der Waals surface area (Å²) in [5.41, 5.74) is 0.867. The number of rotatable bonds is 7. The van der Waals surface area contributed by atoms with Crippen molar-refractivity contribution in [3.63, 3.8) is 0 Å². The molecule has 0 atom stereocenters. The highest BCUT2D eigenvalue weighted by Gasteiger charge is 2.24. The summed E-state index contributed by atoms with van der Waals surface area (Å²) in [4.78, 5) is 16.3. The number of aryl methyl sites for hydroxylation is 1. The molecule has 146 valence electrons. The van der Waals surface area contributed by atoms with Gasteiger partial charge in [-0.2, -0.15) is 0 Å². The summed E-state index contributed by atoms with van der Waals surface area (Å²) < 4.78 is 32.6. The zero-order chi connectivity index (χ0) is 19.3. The standard InChI is InChI=1S/C18H23N3O4S2/c1-13-16(4-2-10-19-13)25-15-8-6-14(7-9-15)21-17(22)12-20-27(23,24)18-5-3-11-26-18/h2-5,10-11,14-15,20H,6-9,12H2,1H3,(H,21,22). The first-order valence-corrected chi connectivity index (χ1v) is 11.2. The second-order valence-electron chi connectivity index (χ2n) is 6.50. The number of amides is 1. The van der Waals surface area contributed by atoms with Crippen LogP contribution in [-0.2, 0) is 14.8 Å². The summed E-state index contributed by atoms with van der Waals surface area (Å²) in [5, 5.41) is 4.58. The lowest BCUT2D eigenvalue weighted by Crippen LogP contribution is -2.44. The SMILES string of the molecule is Cc1ncccc1OC1CCC(NC(=O)CNS(=O)(=O)c2cccs2)CC1. The summed E-state index contributed by atoms with van der Waals surface area (Å²) in [6.07, 6.45) is 5.11. The second-order valence-corrected chi connectivity index (χ2v) is 9.44. The first-order chi connectivity index (χ1) is 12.9. The van der Waals surface area contributed by atoms with Crippen LogP contribution < -0.4 is 14.8 Å². The molecule has 1 fully saturated rings. The molecule has 0 saturated heterocycles. The van der Waals surface area contributed by atoms with E-state index in [-0.39, 0.29) is 28.8 Å². The summed E-state index contributed by atoms with van der Waals surface area (Å²) in [5.74, 6) is 0.482. The third kappa shape index (κ3) is 5.50. The zero-order valence-electron chi connectivity index (χ0n) is 15.1. The van der Waals surface area contributed by atoms with Crippen molar-refractivity contribution < 1.29 is 17.9 Å². The van der Waals surface area contributed by atoms with E-state index in [0.717, 1.165) is 48.5 Å². The maximum absolute atomic E-state index is 12.1. The van der Waals surface area contributed by atoms with Crippen molar-refractivity contribution in [1.29, 1.82) is 0 Å². The van der Waals surface area contributed by atoms with Gasteiger partial charge >= 0.3 is 0 Å². The number of nitrogens with one attached hydrogen (secondary N) is 2. The molecule has 0 radical (unpaired) electrons. The monoisotopic (exact) mass is 409 g/mol. The van der Waals surface area contributed by atoms with Crippen molar-refractivity contribution in [2.24, 2.45) is 0 Å². The van der Waals surface area contributed by atoms with Crippen molar-refractivity contribution in [3.8, 4) is 5.75 Å². The predicted octanol–water partition coefficient (Wildman–Crippen LogP) is 2.24. The molecular weight excluding hydrogens is 386 g/mol. The maximum Gasteiger partial charge on any atom is 0.250 e. The minimum atomic E-state index is -3.62. The average Bonchev–Trinajstić information content (AvgIpc) is 3.19. The molecule has 2 heterocycles. The van der Waals surface area contributed by atoms with Gasteiger partial charge in [0.2, 0.25) is 5.91 Å². The second kappa shape index (κ2) is 8.81. The number of hydrogen-bond donors (Lipinski definition) is 2. The van der Waals surface area contributed by atoms with Gasteiger partial charge in [-0.1, -0.05) is 6.07 Å². The number of sulfonamides is 1. The van der Waals surface area contributed by atoms with Crippen molar-refractivity contribution >= 4 is 27.3 Å². The normalized spacial score (nSPS) is 20.2. The van der Waals surface area contributed by atoms with Crippen molar-refractivity contribution in [2.45, 2.75) is 49.0 Å². The molecule has 2 N–H and O–H groups in total. The fourth-order valence-electron chi connectivity index (χ4n) is 3.03. The Labute approximate surface area is 163 Å². The lowest BCUT2D eigenvalue weighted by molar-refractivity contribution is -0.121. The van der Waals surface area contributed by atoms with Crippen LogP contribution >= 0.6 is 11.3 Å². The average molecular weight is 410 g/mol. The third-order valence-electron chi connectivity index (χ3n) is 4.47. The molecule has 2 aromatic heterocycles. The highest BCUT2D eigenvalue weighted by atomic mass is 32.2. The number of nitrogens with zero attached hydrogens (tertiary/aromatic N) is 1. The molecule has 7 nitrogen and oxygen atoms in total. The number of aromatic nitrogens is 1. The summed E-state index contributed by atoms with van der Waals surface area (Å²) >= 11 is 1.12. The molecule has 3 rings (SSSR count). The van der Waals surface area contributed by atoms with Crippen molar-refractivity contribution in [3.05, 3.63) is 41.5 Å². The largest absolute Gasteiger partial charge is 0.489 e. The summed E-state index contributed by atoms with van der Waals surface area (Å²) in [7, 11) is -3.62. The van der Waals surface area contributed by atoms with E-state index in [4.69, 9.17) is 4.74 Å². The highest BCUT2D eigenvalue weighted by Crippen LogP contribution is 2.25.